The van der Waals surface area contributed by atoms with Crippen LogP contribution in [-0.2, 0) is 6.61 Å². The van der Waals surface area contributed by atoms with Crippen LogP contribution in [0.15, 0.2) is 40.9 Å². The third kappa shape index (κ3) is 3.82. The second-order valence-electron chi connectivity index (χ2n) is 4.28. The van der Waals surface area contributed by atoms with Crippen LogP contribution in [-0.4, -0.2) is 21.3 Å². The van der Waals surface area contributed by atoms with Crippen molar-refractivity contribution in [2.75, 3.05) is 21.3 Å². The van der Waals surface area contributed by atoms with Crippen LogP contribution >= 0.6 is 15.9 Å². The molecule has 2 rings (SSSR count). The van der Waals surface area contributed by atoms with E-state index in [2.05, 4.69) is 15.9 Å². The standard InChI is InChI=1S/C16H17BrO4/c1-18-14-8-13(9-15(19-2)16(14)20-3)21-10-11-5-4-6-12(17)7-11/h4-9H,10H2,1-3H3. The third-order valence-electron chi connectivity index (χ3n) is 2.93. The molecule has 0 aliphatic rings. The largest absolute Gasteiger partial charge is 0.493 e. The molecule has 4 nitrogen and oxygen atoms in total. The Morgan fingerprint density at radius 2 is 1.57 bits per heavy atom. The summed E-state index contributed by atoms with van der Waals surface area (Å²) in [6.07, 6.45) is 0. The van der Waals surface area contributed by atoms with E-state index in [0.29, 0.717) is 29.6 Å². The summed E-state index contributed by atoms with van der Waals surface area (Å²) in [5.74, 6) is 2.35. The van der Waals surface area contributed by atoms with Gasteiger partial charge in [0.15, 0.2) is 11.5 Å². The smallest absolute Gasteiger partial charge is 0.203 e. The maximum Gasteiger partial charge on any atom is 0.203 e. The summed E-state index contributed by atoms with van der Waals surface area (Å²) in [7, 11) is 4.73. The van der Waals surface area contributed by atoms with Crippen LogP contribution in [0.2, 0.25) is 0 Å². The van der Waals surface area contributed by atoms with E-state index in [-0.39, 0.29) is 0 Å². The van der Waals surface area contributed by atoms with Gasteiger partial charge in [0.2, 0.25) is 5.75 Å². The van der Waals surface area contributed by atoms with E-state index in [9.17, 15) is 0 Å². The van der Waals surface area contributed by atoms with Crippen molar-refractivity contribution in [3.8, 4) is 23.0 Å². The van der Waals surface area contributed by atoms with Crippen LogP contribution in [0, 0.1) is 0 Å². The molecule has 0 heterocycles. The van der Waals surface area contributed by atoms with Crippen molar-refractivity contribution in [2.45, 2.75) is 6.61 Å². The molecule has 0 bridgehead atoms. The average Bonchev–Trinajstić information content (AvgIpc) is 2.51. The van der Waals surface area contributed by atoms with E-state index in [1.807, 2.05) is 24.3 Å². The minimum absolute atomic E-state index is 0.456. The molecule has 0 aromatic heterocycles. The van der Waals surface area contributed by atoms with Crippen molar-refractivity contribution in [3.63, 3.8) is 0 Å². The lowest BCUT2D eigenvalue weighted by molar-refractivity contribution is 0.291. The van der Waals surface area contributed by atoms with Crippen LogP contribution in [0.1, 0.15) is 5.56 Å². The lowest BCUT2D eigenvalue weighted by Crippen LogP contribution is -1.99. The zero-order valence-electron chi connectivity index (χ0n) is 12.2. The highest BCUT2D eigenvalue weighted by Crippen LogP contribution is 2.40. The Labute approximate surface area is 132 Å². The van der Waals surface area contributed by atoms with Gasteiger partial charge in [0.25, 0.3) is 0 Å². The molecule has 0 amide bonds. The van der Waals surface area contributed by atoms with E-state index < -0.39 is 0 Å². The van der Waals surface area contributed by atoms with Crippen molar-refractivity contribution in [1.29, 1.82) is 0 Å². The normalized spacial score (nSPS) is 10.1. The molecule has 2 aromatic rings. The monoisotopic (exact) mass is 352 g/mol. The van der Waals surface area contributed by atoms with Gasteiger partial charge in [-0.2, -0.15) is 0 Å². The molecule has 0 unspecified atom stereocenters. The van der Waals surface area contributed by atoms with E-state index in [4.69, 9.17) is 18.9 Å². The maximum atomic E-state index is 5.80. The zero-order chi connectivity index (χ0) is 15.2. The van der Waals surface area contributed by atoms with Gasteiger partial charge in [0.1, 0.15) is 12.4 Å². The fourth-order valence-electron chi connectivity index (χ4n) is 1.93. The van der Waals surface area contributed by atoms with Crippen LogP contribution in [0.25, 0.3) is 0 Å². The molecule has 21 heavy (non-hydrogen) atoms. The summed E-state index contributed by atoms with van der Waals surface area (Å²) in [5, 5.41) is 0. The Bertz CT molecular complexity index is 588. The molecular formula is C16H17BrO4. The van der Waals surface area contributed by atoms with Crippen molar-refractivity contribution < 1.29 is 18.9 Å². The summed E-state index contributed by atoms with van der Waals surface area (Å²) in [4.78, 5) is 0. The van der Waals surface area contributed by atoms with Gasteiger partial charge < -0.3 is 18.9 Å². The molecule has 0 spiro atoms. The minimum Gasteiger partial charge on any atom is -0.493 e. The number of rotatable bonds is 6. The summed E-state index contributed by atoms with van der Waals surface area (Å²) < 4.78 is 22.7. The highest BCUT2D eigenvalue weighted by atomic mass is 79.9. The van der Waals surface area contributed by atoms with Gasteiger partial charge in [-0.15, -0.1) is 0 Å². The first-order valence-corrected chi connectivity index (χ1v) is 7.14. The van der Waals surface area contributed by atoms with Gasteiger partial charge in [-0.05, 0) is 17.7 Å². The number of ether oxygens (including phenoxy) is 4. The molecule has 112 valence electrons. The predicted molar refractivity (Wildman–Crippen MR) is 84.6 cm³/mol. The molecule has 0 atom stereocenters. The van der Waals surface area contributed by atoms with Gasteiger partial charge in [-0.25, -0.2) is 0 Å². The lowest BCUT2D eigenvalue weighted by atomic mass is 10.2. The molecule has 2 aromatic carbocycles. The zero-order valence-corrected chi connectivity index (χ0v) is 13.8. The second kappa shape index (κ2) is 7.22. The molecular weight excluding hydrogens is 336 g/mol. The highest BCUT2D eigenvalue weighted by molar-refractivity contribution is 9.10. The first-order valence-electron chi connectivity index (χ1n) is 6.35. The van der Waals surface area contributed by atoms with Gasteiger partial charge in [-0.1, -0.05) is 28.1 Å². The first-order chi connectivity index (χ1) is 10.2. The van der Waals surface area contributed by atoms with Crippen LogP contribution in [0.5, 0.6) is 23.0 Å². The van der Waals surface area contributed by atoms with Crippen LogP contribution < -0.4 is 18.9 Å². The Hall–Kier alpha value is -1.88. The quantitative estimate of drug-likeness (QED) is 0.785. The van der Waals surface area contributed by atoms with Gasteiger partial charge in [0.05, 0.1) is 21.3 Å². The summed E-state index contributed by atoms with van der Waals surface area (Å²) >= 11 is 3.44. The number of hydrogen-bond donors (Lipinski definition) is 0. The van der Waals surface area contributed by atoms with E-state index in [1.165, 1.54) is 0 Å². The highest BCUT2D eigenvalue weighted by Gasteiger charge is 2.13. The summed E-state index contributed by atoms with van der Waals surface area (Å²) in [6, 6.07) is 11.5. The van der Waals surface area contributed by atoms with Crippen molar-refractivity contribution in [1.82, 2.24) is 0 Å². The fraction of sp³-hybridized carbons (Fsp3) is 0.250. The number of halogens is 1. The summed E-state index contributed by atoms with van der Waals surface area (Å²) in [6.45, 7) is 0.456. The van der Waals surface area contributed by atoms with E-state index in [0.717, 1.165) is 10.0 Å². The Kier molecular flexibility index (Phi) is 5.33. The molecule has 0 N–H and O–H groups in total. The van der Waals surface area contributed by atoms with Crippen molar-refractivity contribution in [3.05, 3.63) is 46.4 Å². The first kappa shape index (κ1) is 15.5. The average molecular weight is 353 g/mol. The SMILES string of the molecule is COc1cc(OCc2cccc(Br)c2)cc(OC)c1OC. The maximum absolute atomic E-state index is 5.80. The molecule has 0 saturated carbocycles. The van der Waals surface area contributed by atoms with Crippen LogP contribution in [0.4, 0.5) is 0 Å². The molecule has 0 fully saturated rings. The third-order valence-corrected chi connectivity index (χ3v) is 3.43. The predicted octanol–water partition coefficient (Wildman–Crippen LogP) is 4.05. The van der Waals surface area contributed by atoms with Crippen LogP contribution in [0.3, 0.4) is 0 Å². The van der Waals surface area contributed by atoms with E-state index >= 15 is 0 Å². The fourth-order valence-corrected chi connectivity index (χ4v) is 2.38. The Morgan fingerprint density at radius 1 is 0.905 bits per heavy atom. The lowest BCUT2D eigenvalue weighted by Gasteiger charge is -2.14. The second-order valence-corrected chi connectivity index (χ2v) is 5.20. The van der Waals surface area contributed by atoms with Crippen molar-refractivity contribution >= 4 is 15.9 Å². The number of hydrogen-bond acceptors (Lipinski definition) is 4. The topological polar surface area (TPSA) is 36.9 Å². The molecule has 0 aliphatic carbocycles. The molecule has 5 heteroatoms. The van der Waals surface area contributed by atoms with E-state index in [1.54, 1.807) is 33.5 Å². The minimum atomic E-state index is 0.456. The molecule has 0 radical (unpaired) electrons. The summed E-state index contributed by atoms with van der Waals surface area (Å²) in [5.41, 5.74) is 1.07. The number of benzene rings is 2. The Morgan fingerprint density at radius 3 is 2.10 bits per heavy atom. The van der Waals surface area contributed by atoms with Crippen molar-refractivity contribution in [2.24, 2.45) is 0 Å². The van der Waals surface area contributed by atoms with Gasteiger partial charge >= 0.3 is 0 Å². The number of methoxy groups -OCH3 is 3. The van der Waals surface area contributed by atoms with Gasteiger partial charge in [-0.3, -0.25) is 0 Å². The molecule has 0 saturated heterocycles. The Balaban J connectivity index is 2.20. The molecule has 0 aliphatic heterocycles. The van der Waals surface area contributed by atoms with Gasteiger partial charge in [0, 0.05) is 16.6 Å².